The molecule has 1 aliphatic heterocycles. The molecular weight excluding hydrogens is 104 g/mol. The van der Waals surface area contributed by atoms with E-state index < -0.39 is 5.66 Å². The Labute approximate surface area is 46.8 Å². The molecule has 0 aliphatic carbocycles. The van der Waals surface area contributed by atoms with Crippen molar-refractivity contribution in [3.8, 4) is 0 Å². The molecule has 2 N–H and O–H groups in total. The van der Waals surface area contributed by atoms with Crippen LogP contribution in [0.4, 0.5) is 0 Å². The second-order valence-corrected chi connectivity index (χ2v) is 1.53. The maximum absolute atomic E-state index is 5.43. The number of hydrogen-bond donors (Lipinski definition) is 1. The molecular formula is C4H6N4. The minimum absolute atomic E-state index is 0.833. The van der Waals surface area contributed by atoms with Crippen LogP contribution in [0.3, 0.4) is 0 Å². The molecule has 0 aromatic rings. The molecule has 0 fully saturated rings. The summed E-state index contributed by atoms with van der Waals surface area (Å²) in [6, 6.07) is 0. The van der Waals surface area contributed by atoms with Crippen molar-refractivity contribution in [2.24, 2.45) is 21.2 Å². The molecule has 1 aliphatic rings. The zero-order chi connectivity index (χ0) is 6.04. The Balaban J connectivity index is 2.83. The Bertz CT molecular complexity index is 145. The highest BCUT2D eigenvalue weighted by Crippen LogP contribution is 2.06. The van der Waals surface area contributed by atoms with Gasteiger partial charge in [0, 0.05) is 0 Å². The zero-order valence-electron chi connectivity index (χ0n) is 4.28. The third-order valence-corrected chi connectivity index (χ3v) is 0.861. The predicted octanol–water partition coefficient (Wildman–Crippen LogP) is 0.279. The van der Waals surface area contributed by atoms with E-state index in [1.807, 2.05) is 0 Å². The number of nitrogens with zero attached hydrogens (tertiary/aromatic N) is 3. The van der Waals surface area contributed by atoms with Crippen LogP contribution >= 0.6 is 0 Å². The molecule has 0 radical (unpaired) electrons. The monoisotopic (exact) mass is 110 g/mol. The molecule has 4 nitrogen and oxygen atoms in total. The highest BCUT2D eigenvalue weighted by molar-refractivity contribution is 5.73. The lowest BCUT2D eigenvalue weighted by molar-refractivity contribution is 0.730. The van der Waals surface area contributed by atoms with Crippen molar-refractivity contribution in [3.05, 3.63) is 12.7 Å². The lowest BCUT2D eigenvalue weighted by Gasteiger charge is -2.04. The van der Waals surface area contributed by atoms with Crippen LogP contribution in [0, 0.1) is 0 Å². The molecule has 0 spiro atoms. The minimum Gasteiger partial charge on any atom is -0.298 e. The highest BCUT2D eigenvalue weighted by Gasteiger charge is 2.19. The Morgan fingerprint density at radius 2 is 2.50 bits per heavy atom. The van der Waals surface area contributed by atoms with Crippen molar-refractivity contribution < 1.29 is 0 Å². The summed E-state index contributed by atoms with van der Waals surface area (Å²) >= 11 is 0. The molecule has 1 heterocycles. The van der Waals surface area contributed by atoms with E-state index in [-0.39, 0.29) is 0 Å². The van der Waals surface area contributed by atoms with E-state index >= 15 is 0 Å². The molecule has 0 aromatic carbocycles. The third-order valence-electron chi connectivity index (χ3n) is 0.861. The van der Waals surface area contributed by atoms with Gasteiger partial charge in [0.25, 0.3) is 0 Å². The average Bonchev–Trinajstić information content (AvgIpc) is 2.17. The van der Waals surface area contributed by atoms with Crippen molar-refractivity contribution in [2.45, 2.75) is 5.66 Å². The van der Waals surface area contributed by atoms with Gasteiger partial charge >= 0.3 is 0 Å². The van der Waals surface area contributed by atoms with Crippen LogP contribution in [-0.4, -0.2) is 11.9 Å². The van der Waals surface area contributed by atoms with E-state index in [9.17, 15) is 0 Å². The second-order valence-electron chi connectivity index (χ2n) is 1.53. The molecule has 0 saturated carbocycles. The molecule has 1 unspecified atom stereocenters. The average molecular weight is 110 g/mol. The topological polar surface area (TPSA) is 63.1 Å². The standard InChI is InChI=1S/C4H6N4/c1-2-4(5)3-6-8-7-4/h2-3H,1,5H2. The van der Waals surface area contributed by atoms with E-state index in [4.69, 9.17) is 5.73 Å². The minimum atomic E-state index is -0.833. The maximum Gasteiger partial charge on any atom is 0.187 e. The molecule has 8 heavy (non-hydrogen) atoms. The predicted molar refractivity (Wildman–Crippen MR) is 30.5 cm³/mol. The fourth-order valence-electron chi connectivity index (χ4n) is 0.341. The van der Waals surface area contributed by atoms with Gasteiger partial charge in [-0.1, -0.05) is 6.58 Å². The summed E-state index contributed by atoms with van der Waals surface area (Å²) < 4.78 is 0. The molecule has 0 aromatic heterocycles. The third kappa shape index (κ3) is 0.651. The van der Waals surface area contributed by atoms with Gasteiger partial charge in [-0.2, -0.15) is 0 Å². The molecule has 42 valence electrons. The molecule has 4 heteroatoms. The number of nitrogens with two attached hydrogens (primary N) is 1. The van der Waals surface area contributed by atoms with Crippen LogP contribution in [0.5, 0.6) is 0 Å². The Morgan fingerprint density at radius 3 is 2.75 bits per heavy atom. The molecule has 1 rings (SSSR count). The van der Waals surface area contributed by atoms with Crippen molar-refractivity contribution in [3.63, 3.8) is 0 Å². The van der Waals surface area contributed by atoms with Crippen LogP contribution in [0.25, 0.3) is 0 Å². The first kappa shape index (κ1) is 5.11. The van der Waals surface area contributed by atoms with Crippen molar-refractivity contribution >= 4 is 6.21 Å². The van der Waals surface area contributed by atoms with E-state index in [0.29, 0.717) is 0 Å². The summed E-state index contributed by atoms with van der Waals surface area (Å²) in [5.41, 5.74) is 4.60. The van der Waals surface area contributed by atoms with E-state index in [0.717, 1.165) is 0 Å². The second kappa shape index (κ2) is 1.48. The summed E-state index contributed by atoms with van der Waals surface area (Å²) in [6.07, 6.45) is 2.91. The van der Waals surface area contributed by atoms with Crippen LogP contribution < -0.4 is 5.73 Å². The molecule has 1 atom stereocenters. The molecule has 0 saturated heterocycles. The number of hydrogen-bond acceptors (Lipinski definition) is 4. The van der Waals surface area contributed by atoms with Gasteiger partial charge in [0.15, 0.2) is 5.66 Å². The Hall–Kier alpha value is -1.03. The lowest BCUT2D eigenvalue weighted by Crippen LogP contribution is -2.34. The summed E-state index contributed by atoms with van der Waals surface area (Å²) in [5.74, 6) is 0. The quantitative estimate of drug-likeness (QED) is 0.484. The molecule has 0 bridgehead atoms. The normalized spacial score (nSPS) is 33.6. The first-order chi connectivity index (χ1) is 3.77. The van der Waals surface area contributed by atoms with Crippen molar-refractivity contribution in [1.29, 1.82) is 0 Å². The smallest absolute Gasteiger partial charge is 0.187 e. The van der Waals surface area contributed by atoms with Gasteiger partial charge in [0.2, 0.25) is 0 Å². The highest BCUT2D eigenvalue weighted by atomic mass is 15.4. The van der Waals surface area contributed by atoms with Crippen molar-refractivity contribution in [1.82, 2.24) is 0 Å². The van der Waals surface area contributed by atoms with Gasteiger partial charge in [-0.15, -0.1) is 10.2 Å². The first-order valence-electron chi connectivity index (χ1n) is 2.16. The van der Waals surface area contributed by atoms with Crippen LogP contribution in [0.2, 0.25) is 0 Å². The van der Waals surface area contributed by atoms with Gasteiger partial charge in [-0.25, -0.2) is 0 Å². The first-order valence-corrected chi connectivity index (χ1v) is 2.16. The van der Waals surface area contributed by atoms with Crippen LogP contribution in [0.1, 0.15) is 0 Å². The van der Waals surface area contributed by atoms with E-state index in [2.05, 4.69) is 22.0 Å². The SMILES string of the molecule is C=CC1(N)C=NN=N1. The number of rotatable bonds is 1. The van der Waals surface area contributed by atoms with Crippen molar-refractivity contribution in [2.75, 3.05) is 0 Å². The van der Waals surface area contributed by atoms with Crippen LogP contribution in [0.15, 0.2) is 28.1 Å². The van der Waals surface area contributed by atoms with Gasteiger partial charge in [-0.3, -0.25) is 5.73 Å². The fourth-order valence-corrected chi connectivity index (χ4v) is 0.341. The van der Waals surface area contributed by atoms with Gasteiger partial charge < -0.3 is 0 Å². The summed E-state index contributed by atoms with van der Waals surface area (Å²) in [7, 11) is 0. The largest absolute Gasteiger partial charge is 0.298 e. The summed E-state index contributed by atoms with van der Waals surface area (Å²) in [5, 5.41) is 10.3. The fraction of sp³-hybridized carbons (Fsp3) is 0.250. The summed E-state index contributed by atoms with van der Waals surface area (Å²) in [6.45, 7) is 3.44. The lowest BCUT2D eigenvalue weighted by atomic mass is 10.2. The molecule has 0 amide bonds. The van der Waals surface area contributed by atoms with Gasteiger partial charge in [0.05, 0.1) is 6.21 Å². The zero-order valence-corrected chi connectivity index (χ0v) is 4.28. The summed E-state index contributed by atoms with van der Waals surface area (Å²) in [4.78, 5) is 0. The Kier molecular flexibility index (Phi) is 0.948. The van der Waals surface area contributed by atoms with E-state index in [1.54, 1.807) is 0 Å². The van der Waals surface area contributed by atoms with E-state index in [1.165, 1.54) is 12.3 Å². The van der Waals surface area contributed by atoms with Gasteiger partial charge in [-0.05, 0) is 11.3 Å². The van der Waals surface area contributed by atoms with Crippen LogP contribution in [-0.2, 0) is 0 Å². The maximum atomic E-state index is 5.43. The van der Waals surface area contributed by atoms with Gasteiger partial charge in [0.1, 0.15) is 0 Å². The Morgan fingerprint density at radius 1 is 1.75 bits per heavy atom.